The number of rotatable bonds is 7. The van der Waals surface area contributed by atoms with Gasteiger partial charge in [0.2, 0.25) is 0 Å². The maximum Gasteiger partial charge on any atom is 0.417 e. The molecule has 0 spiro atoms. The second kappa shape index (κ2) is 11.4. The van der Waals surface area contributed by atoms with E-state index >= 15 is 0 Å². The number of nitrogens with zero attached hydrogens (tertiary/aromatic N) is 6. The summed E-state index contributed by atoms with van der Waals surface area (Å²) in [6.45, 7) is -1.85. The van der Waals surface area contributed by atoms with Crippen LogP contribution in [0.15, 0.2) is 71.7 Å². The standard InChI is InChI=1S/C30H25F7N6O3S/c1-41-11-10-26(40-41)47(45,46)42(17-29(32,33)34)23-6-2-19-12-25-18(15-39-43(25)22-7-4-21(31)5-8-22)13-28(19,14-23)27(44)24-9-3-20(16-38-24)30(35,36)37/h3-5,7-12,15-16,23H,2,6,13-14,17H2,1H3/t23-,28-/m0/s1. The maximum absolute atomic E-state index is 14.4. The van der Waals surface area contributed by atoms with Crippen LogP contribution >= 0.6 is 0 Å². The van der Waals surface area contributed by atoms with E-state index in [1.54, 1.807) is 6.08 Å². The lowest BCUT2D eigenvalue weighted by Crippen LogP contribution is -2.52. The molecule has 2 aliphatic rings. The number of allylic oxidation sites excluding steroid dienone is 1. The Kier molecular flexibility index (Phi) is 7.90. The van der Waals surface area contributed by atoms with Gasteiger partial charge in [-0.3, -0.25) is 14.5 Å². The lowest BCUT2D eigenvalue weighted by atomic mass is 9.60. The van der Waals surface area contributed by atoms with Crippen LogP contribution in [0.4, 0.5) is 30.7 Å². The Balaban J connectivity index is 1.46. The molecule has 1 aromatic carbocycles. The van der Waals surface area contributed by atoms with Gasteiger partial charge in [-0.05, 0) is 79.8 Å². The Morgan fingerprint density at radius 2 is 1.77 bits per heavy atom. The Morgan fingerprint density at radius 3 is 2.36 bits per heavy atom. The summed E-state index contributed by atoms with van der Waals surface area (Å²) in [5, 5.41) is 7.57. The highest BCUT2D eigenvalue weighted by atomic mass is 32.2. The lowest BCUT2D eigenvalue weighted by Gasteiger charge is -2.46. The topological polar surface area (TPSA) is 103 Å². The molecule has 47 heavy (non-hydrogen) atoms. The summed E-state index contributed by atoms with van der Waals surface area (Å²) in [4.78, 5) is 18.1. The van der Waals surface area contributed by atoms with Crippen LogP contribution in [-0.2, 0) is 29.7 Å². The number of pyridine rings is 1. The average molecular weight is 683 g/mol. The number of halogens is 7. The van der Waals surface area contributed by atoms with Gasteiger partial charge in [0.1, 0.15) is 18.1 Å². The first-order valence-electron chi connectivity index (χ1n) is 14.2. The Bertz CT molecular complexity index is 1970. The molecule has 0 unspecified atom stereocenters. The number of fused-ring (bicyclic) bond motifs is 2. The molecule has 17 heteroatoms. The monoisotopic (exact) mass is 682 g/mol. The van der Waals surface area contributed by atoms with Crippen molar-refractivity contribution in [3.63, 3.8) is 0 Å². The number of alkyl halides is 6. The third kappa shape index (κ3) is 6.08. The molecule has 2 atom stereocenters. The van der Waals surface area contributed by atoms with Crippen molar-refractivity contribution in [1.29, 1.82) is 0 Å². The number of aromatic nitrogens is 5. The molecule has 0 aliphatic heterocycles. The predicted octanol–water partition coefficient (Wildman–Crippen LogP) is 5.77. The number of carbonyl (C=O) groups is 1. The zero-order chi connectivity index (χ0) is 33.9. The van der Waals surface area contributed by atoms with E-state index in [4.69, 9.17) is 0 Å². The van der Waals surface area contributed by atoms with Crippen molar-refractivity contribution in [2.24, 2.45) is 12.5 Å². The molecule has 9 nitrogen and oxygen atoms in total. The van der Waals surface area contributed by atoms with E-state index in [1.807, 2.05) is 0 Å². The third-order valence-corrected chi connectivity index (χ3v) is 10.3. The van der Waals surface area contributed by atoms with Crippen LogP contribution in [0.3, 0.4) is 0 Å². The number of aryl methyl sites for hydroxylation is 1. The van der Waals surface area contributed by atoms with Crippen LogP contribution < -0.4 is 0 Å². The highest BCUT2D eigenvalue weighted by molar-refractivity contribution is 7.89. The molecule has 0 radical (unpaired) electrons. The number of ketones is 1. The van der Waals surface area contributed by atoms with Gasteiger partial charge >= 0.3 is 12.4 Å². The van der Waals surface area contributed by atoms with Gasteiger partial charge in [-0.2, -0.15) is 40.8 Å². The molecular formula is C30H25F7N6O3S. The first kappa shape index (κ1) is 32.6. The molecule has 2 aliphatic carbocycles. The maximum atomic E-state index is 14.4. The largest absolute Gasteiger partial charge is 0.417 e. The van der Waals surface area contributed by atoms with Gasteiger partial charge in [0.05, 0.1) is 28.6 Å². The lowest BCUT2D eigenvalue weighted by molar-refractivity contribution is -0.141. The molecule has 248 valence electrons. The van der Waals surface area contributed by atoms with Crippen LogP contribution in [0.2, 0.25) is 0 Å². The minimum atomic E-state index is -4.96. The van der Waals surface area contributed by atoms with Crippen molar-refractivity contribution in [2.75, 3.05) is 6.54 Å². The van der Waals surface area contributed by atoms with E-state index in [9.17, 15) is 43.9 Å². The number of benzene rings is 1. The molecule has 0 saturated heterocycles. The van der Waals surface area contributed by atoms with Gasteiger partial charge in [-0.25, -0.2) is 17.5 Å². The fourth-order valence-electron chi connectivity index (χ4n) is 6.30. The summed E-state index contributed by atoms with van der Waals surface area (Å²) in [7, 11) is -3.42. The van der Waals surface area contributed by atoms with Crippen molar-refractivity contribution >= 4 is 21.9 Å². The van der Waals surface area contributed by atoms with Gasteiger partial charge in [-0.1, -0.05) is 5.57 Å². The number of Topliss-reactive ketones (excluding diaryl/α,β-unsaturated/α-hetero) is 1. The minimum absolute atomic E-state index is 0.0306. The second-order valence-electron chi connectivity index (χ2n) is 11.5. The number of hydrogen-bond donors (Lipinski definition) is 0. The third-order valence-electron chi connectivity index (χ3n) is 8.47. The molecule has 0 amide bonds. The van der Waals surface area contributed by atoms with Crippen molar-refractivity contribution in [1.82, 2.24) is 28.9 Å². The summed E-state index contributed by atoms with van der Waals surface area (Å²) in [5.74, 6) is -1.26. The Labute approximate surface area is 263 Å². The number of hydrogen-bond acceptors (Lipinski definition) is 6. The highest BCUT2D eigenvalue weighted by Crippen LogP contribution is 2.51. The molecule has 0 N–H and O–H groups in total. The molecular weight excluding hydrogens is 657 g/mol. The van der Waals surface area contributed by atoms with Gasteiger partial charge in [0, 0.05) is 25.5 Å². The fourth-order valence-corrected chi connectivity index (χ4v) is 7.89. The van der Waals surface area contributed by atoms with E-state index in [1.165, 1.54) is 48.4 Å². The SMILES string of the molecule is Cn1ccc(S(=O)(=O)N(CC(F)(F)F)[C@H]2CCC3=Cc4c(cnn4-c4ccc(F)cc4)C[C@]3(C(=O)c3ccc(C(F)(F)F)cn3)C2)n1. The van der Waals surface area contributed by atoms with Crippen LogP contribution in [0.5, 0.6) is 0 Å². The van der Waals surface area contributed by atoms with Crippen LogP contribution in [-0.4, -0.2) is 61.8 Å². The average Bonchev–Trinajstić information content (AvgIpc) is 3.64. The van der Waals surface area contributed by atoms with Crippen molar-refractivity contribution in [3.05, 3.63) is 95.0 Å². The van der Waals surface area contributed by atoms with E-state index < -0.39 is 69.0 Å². The van der Waals surface area contributed by atoms with E-state index in [-0.39, 0.29) is 25.0 Å². The van der Waals surface area contributed by atoms with E-state index in [0.717, 1.165) is 16.8 Å². The van der Waals surface area contributed by atoms with E-state index in [2.05, 4.69) is 15.2 Å². The Morgan fingerprint density at radius 1 is 1.04 bits per heavy atom. The highest BCUT2D eigenvalue weighted by Gasteiger charge is 2.53. The van der Waals surface area contributed by atoms with Gasteiger partial charge in [0.15, 0.2) is 10.8 Å². The summed E-state index contributed by atoms with van der Waals surface area (Å²) < 4.78 is 125. The zero-order valence-electron chi connectivity index (χ0n) is 24.4. The first-order chi connectivity index (χ1) is 22.0. The summed E-state index contributed by atoms with van der Waals surface area (Å²) >= 11 is 0. The molecule has 3 aromatic heterocycles. The molecule has 0 bridgehead atoms. The van der Waals surface area contributed by atoms with Crippen molar-refractivity contribution < 1.29 is 43.9 Å². The minimum Gasteiger partial charge on any atom is -0.291 e. The molecule has 1 fully saturated rings. The summed E-state index contributed by atoms with van der Waals surface area (Å²) in [6.07, 6.45) is -5.58. The van der Waals surface area contributed by atoms with Crippen molar-refractivity contribution in [2.45, 2.75) is 49.1 Å². The van der Waals surface area contributed by atoms with Gasteiger partial charge < -0.3 is 0 Å². The molecule has 1 saturated carbocycles. The summed E-state index contributed by atoms with van der Waals surface area (Å²) in [5.41, 5.74) is -1.25. The second-order valence-corrected chi connectivity index (χ2v) is 13.4. The molecule has 3 heterocycles. The number of sulfonamides is 1. The Hall–Kier alpha value is -4.38. The quantitative estimate of drug-likeness (QED) is 0.181. The van der Waals surface area contributed by atoms with Gasteiger partial charge in [0.25, 0.3) is 10.0 Å². The molecule has 4 aromatic rings. The fraction of sp³-hybridized carbons (Fsp3) is 0.333. The predicted molar refractivity (Wildman–Crippen MR) is 152 cm³/mol. The van der Waals surface area contributed by atoms with Crippen LogP contribution in [0.1, 0.15) is 46.6 Å². The smallest absolute Gasteiger partial charge is 0.291 e. The van der Waals surface area contributed by atoms with Crippen molar-refractivity contribution in [3.8, 4) is 5.69 Å². The summed E-state index contributed by atoms with van der Waals surface area (Å²) in [6, 6.07) is 6.71. The van der Waals surface area contributed by atoms with Gasteiger partial charge in [-0.15, -0.1) is 0 Å². The number of carbonyl (C=O) groups excluding carboxylic acids is 1. The normalized spacial score (nSPS) is 20.1. The van der Waals surface area contributed by atoms with Crippen LogP contribution in [0, 0.1) is 11.2 Å². The van der Waals surface area contributed by atoms with Crippen LogP contribution in [0.25, 0.3) is 11.8 Å². The van der Waals surface area contributed by atoms with E-state index in [0.29, 0.717) is 39.1 Å². The first-order valence-corrected chi connectivity index (χ1v) is 15.6. The zero-order valence-corrected chi connectivity index (χ0v) is 25.2. The molecule has 6 rings (SSSR count).